The summed E-state index contributed by atoms with van der Waals surface area (Å²) in [6.45, 7) is 7.30. The number of allylic oxidation sites excluding steroid dienone is 2. The molecule has 0 amide bonds. The van der Waals surface area contributed by atoms with Crippen molar-refractivity contribution in [2.45, 2.75) is 26.2 Å². The summed E-state index contributed by atoms with van der Waals surface area (Å²) in [5, 5.41) is 2.49. The summed E-state index contributed by atoms with van der Waals surface area (Å²) >= 11 is 5.71. The van der Waals surface area contributed by atoms with Crippen LogP contribution >= 0.6 is 11.6 Å². The van der Waals surface area contributed by atoms with Crippen molar-refractivity contribution in [2.75, 3.05) is 17.3 Å². The maximum absolute atomic E-state index is 11.9. The Balaban J connectivity index is 2.31. The van der Waals surface area contributed by atoms with E-state index in [1.54, 1.807) is 6.08 Å². The molecule has 0 N–H and O–H groups in total. The normalized spacial score (nSPS) is 18.0. The molecule has 0 unspecified atom stereocenters. The van der Waals surface area contributed by atoms with Gasteiger partial charge in [0.15, 0.2) is 5.78 Å². The molecule has 2 aromatic carbocycles. The van der Waals surface area contributed by atoms with Gasteiger partial charge >= 0.3 is 0 Å². The van der Waals surface area contributed by atoms with Crippen LogP contribution in [0.2, 0.25) is 0 Å². The number of hydrogen-bond donors (Lipinski definition) is 0. The van der Waals surface area contributed by atoms with Crippen molar-refractivity contribution in [3.8, 4) is 0 Å². The zero-order valence-electron chi connectivity index (χ0n) is 13.2. The maximum atomic E-state index is 11.9. The molecule has 2 nitrogen and oxygen atoms in total. The first-order valence-electron chi connectivity index (χ1n) is 7.61. The molecule has 1 aliphatic heterocycles. The first kappa shape index (κ1) is 15.1. The van der Waals surface area contributed by atoms with Crippen molar-refractivity contribution in [1.82, 2.24) is 0 Å². The summed E-state index contributed by atoms with van der Waals surface area (Å²) < 4.78 is 0. The third kappa shape index (κ3) is 2.14. The van der Waals surface area contributed by atoms with Crippen LogP contribution in [-0.2, 0) is 10.2 Å². The van der Waals surface area contributed by atoms with Crippen molar-refractivity contribution in [1.29, 1.82) is 0 Å². The van der Waals surface area contributed by atoms with Crippen LogP contribution < -0.4 is 4.90 Å². The molecule has 0 aliphatic carbocycles. The Bertz CT molecular complexity index is 776. The Labute approximate surface area is 136 Å². The van der Waals surface area contributed by atoms with Gasteiger partial charge in [-0.2, -0.15) is 0 Å². The van der Waals surface area contributed by atoms with Gasteiger partial charge in [-0.1, -0.05) is 44.2 Å². The molecule has 1 aliphatic rings. The average Bonchev–Trinajstić information content (AvgIpc) is 2.74. The Morgan fingerprint density at radius 1 is 1.23 bits per heavy atom. The van der Waals surface area contributed by atoms with Gasteiger partial charge in [0.25, 0.3) is 0 Å². The highest BCUT2D eigenvalue weighted by Crippen LogP contribution is 2.50. The van der Waals surface area contributed by atoms with Gasteiger partial charge in [0.05, 0.1) is 5.88 Å². The van der Waals surface area contributed by atoms with E-state index in [4.69, 9.17) is 11.6 Å². The summed E-state index contributed by atoms with van der Waals surface area (Å²) in [5.41, 5.74) is 3.31. The predicted molar refractivity (Wildman–Crippen MR) is 93.8 cm³/mol. The Morgan fingerprint density at radius 3 is 2.64 bits per heavy atom. The van der Waals surface area contributed by atoms with E-state index in [0.29, 0.717) is 0 Å². The van der Waals surface area contributed by atoms with E-state index in [1.807, 2.05) is 0 Å². The molecule has 0 saturated heterocycles. The zero-order valence-corrected chi connectivity index (χ0v) is 13.9. The summed E-state index contributed by atoms with van der Waals surface area (Å²) in [7, 11) is 0. The maximum Gasteiger partial charge on any atom is 0.172 e. The molecule has 0 radical (unpaired) electrons. The standard InChI is InChI=1S/C19H20ClNO/c1-4-21-16-10-9-13-7-5-6-8-15(13)18(16)19(2,3)17(21)11-14(22)12-20/h5-11H,4,12H2,1-3H3/b17-11+. The van der Waals surface area contributed by atoms with E-state index in [1.165, 1.54) is 22.0 Å². The van der Waals surface area contributed by atoms with E-state index in [9.17, 15) is 4.79 Å². The molecule has 0 atom stereocenters. The molecule has 0 bridgehead atoms. The molecule has 114 valence electrons. The van der Waals surface area contributed by atoms with Gasteiger partial charge in [-0.25, -0.2) is 0 Å². The number of rotatable bonds is 3. The number of nitrogens with zero attached hydrogens (tertiary/aromatic N) is 1. The summed E-state index contributed by atoms with van der Waals surface area (Å²) in [4.78, 5) is 14.1. The van der Waals surface area contributed by atoms with Gasteiger partial charge in [-0.3, -0.25) is 4.79 Å². The van der Waals surface area contributed by atoms with Crippen molar-refractivity contribution in [2.24, 2.45) is 0 Å². The minimum absolute atomic E-state index is 0.0221. The third-order valence-corrected chi connectivity index (χ3v) is 4.76. The SMILES string of the molecule is CCN1/C(=C/C(=O)CCl)C(C)(C)c2c1ccc1ccccc21. The smallest absolute Gasteiger partial charge is 0.172 e. The summed E-state index contributed by atoms with van der Waals surface area (Å²) in [5.74, 6) is -0.0193. The molecular weight excluding hydrogens is 294 g/mol. The number of likely N-dealkylation sites (N-methyl/N-ethyl adjacent to an activating group) is 1. The number of halogens is 1. The Kier molecular flexibility index (Phi) is 3.73. The van der Waals surface area contributed by atoms with Crippen LogP contribution in [0.1, 0.15) is 26.3 Å². The molecule has 2 aromatic rings. The van der Waals surface area contributed by atoms with E-state index in [2.05, 4.69) is 62.1 Å². The van der Waals surface area contributed by atoms with Crippen molar-refractivity contribution in [3.05, 3.63) is 53.7 Å². The lowest BCUT2D eigenvalue weighted by molar-refractivity contribution is -0.112. The lowest BCUT2D eigenvalue weighted by atomic mass is 9.81. The van der Waals surface area contributed by atoms with Gasteiger partial charge in [-0.15, -0.1) is 11.6 Å². The summed E-state index contributed by atoms with van der Waals surface area (Å²) in [6, 6.07) is 12.7. The topological polar surface area (TPSA) is 20.3 Å². The second-order valence-corrected chi connectivity index (χ2v) is 6.45. The van der Waals surface area contributed by atoms with Crippen LogP contribution in [0.5, 0.6) is 0 Å². The van der Waals surface area contributed by atoms with Crippen molar-refractivity contribution >= 4 is 33.8 Å². The molecule has 0 saturated carbocycles. The summed E-state index contributed by atoms with van der Waals surface area (Å²) in [6.07, 6.45) is 1.71. The molecule has 1 heterocycles. The van der Waals surface area contributed by atoms with Gasteiger partial charge in [0.1, 0.15) is 0 Å². The second kappa shape index (κ2) is 5.44. The van der Waals surface area contributed by atoms with Crippen LogP contribution in [-0.4, -0.2) is 18.2 Å². The molecule has 0 spiro atoms. The Morgan fingerprint density at radius 2 is 1.95 bits per heavy atom. The van der Waals surface area contributed by atoms with Crippen LogP contribution in [0.4, 0.5) is 5.69 Å². The van der Waals surface area contributed by atoms with Crippen molar-refractivity contribution in [3.63, 3.8) is 0 Å². The fraction of sp³-hybridized carbons (Fsp3) is 0.316. The van der Waals surface area contributed by atoms with E-state index in [-0.39, 0.29) is 17.1 Å². The minimum Gasteiger partial charge on any atom is -0.344 e. The van der Waals surface area contributed by atoms with E-state index in [0.717, 1.165) is 12.2 Å². The van der Waals surface area contributed by atoms with Crippen LogP contribution in [0.15, 0.2) is 48.2 Å². The highest BCUT2D eigenvalue weighted by atomic mass is 35.5. The molecular formula is C19H20ClNO. The van der Waals surface area contributed by atoms with E-state index >= 15 is 0 Å². The fourth-order valence-corrected chi connectivity index (χ4v) is 3.60. The number of carbonyl (C=O) groups is 1. The Hall–Kier alpha value is -1.80. The molecule has 0 aromatic heterocycles. The number of alkyl halides is 1. The molecule has 3 heteroatoms. The lowest BCUT2D eigenvalue weighted by Crippen LogP contribution is -2.27. The van der Waals surface area contributed by atoms with Gasteiger partial charge < -0.3 is 4.90 Å². The first-order valence-corrected chi connectivity index (χ1v) is 8.15. The largest absolute Gasteiger partial charge is 0.344 e. The van der Waals surface area contributed by atoms with Crippen LogP contribution in [0, 0.1) is 0 Å². The van der Waals surface area contributed by atoms with Crippen molar-refractivity contribution < 1.29 is 4.79 Å². The number of carbonyl (C=O) groups excluding carboxylic acids is 1. The third-order valence-electron chi connectivity index (χ3n) is 4.50. The average molecular weight is 314 g/mol. The quantitative estimate of drug-likeness (QED) is 0.607. The molecule has 3 rings (SSSR count). The second-order valence-electron chi connectivity index (χ2n) is 6.18. The molecule has 0 fully saturated rings. The molecule has 22 heavy (non-hydrogen) atoms. The van der Waals surface area contributed by atoms with Gasteiger partial charge in [0.2, 0.25) is 0 Å². The predicted octanol–water partition coefficient (Wildman–Crippen LogP) is 4.65. The number of benzene rings is 2. The fourth-order valence-electron chi connectivity index (χ4n) is 3.53. The minimum atomic E-state index is -0.214. The van der Waals surface area contributed by atoms with Gasteiger partial charge in [-0.05, 0) is 29.3 Å². The number of fused-ring (bicyclic) bond motifs is 3. The van der Waals surface area contributed by atoms with E-state index < -0.39 is 0 Å². The highest BCUT2D eigenvalue weighted by molar-refractivity contribution is 6.29. The first-order chi connectivity index (χ1) is 10.5. The van der Waals surface area contributed by atoms with Gasteiger partial charge in [0, 0.05) is 29.4 Å². The number of ketones is 1. The van der Waals surface area contributed by atoms with Crippen LogP contribution in [0.3, 0.4) is 0 Å². The monoisotopic (exact) mass is 313 g/mol. The number of anilines is 1. The van der Waals surface area contributed by atoms with Crippen LogP contribution in [0.25, 0.3) is 10.8 Å². The zero-order chi connectivity index (χ0) is 15.9. The number of hydrogen-bond acceptors (Lipinski definition) is 2. The lowest BCUT2D eigenvalue weighted by Gasteiger charge is -2.26. The highest BCUT2D eigenvalue weighted by Gasteiger charge is 2.40.